The highest BCUT2D eigenvalue weighted by molar-refractivity contribution is 8.00. The van der Waals surface area contributed by atoms with E-state index in [9.17, 15) is 19.5 Å². The highest BCUT2D eigenvalue weighted by Gasteiger charge is 2.68. The molecule has 5 aliphatic carbocycles. The van der Waals surface area contributed by atoms with Crippen molar-refractivity contribution in [2.24, 2.45) is 51.1 Å². The monoisotopic (exact) mass is 614 g/mol. The molecule has 0 aromatic heterocycles. The van der Waals surface area contributed by atoms with Gasteiger partial charge in [-0.2, -0.15) is 0 Å². The Hall–Kier alpha value is -1.38. The van der Waals surface area contributed by atoms with Crippen molar-refractivity contribution in [1.29, 1.82) is 0 Å². The molecule has 43 heavy (non-hydrogen) atoms. The van der Waals surface area contributed by atoms with Crippen molar-refractivity contribution in [3.8, 4) is 0 Å². The summed E-state index contributed by atoms with van der Waals surface area (Å²) in [4.78, 5) is 41.8. The maximum atomic E-state index is 13.6. The van der Waals surface area contributed by atoms with Crippen LogP contribution in [0, 0.1) is 45.3 Å². The summed E-state index contributed by atoms with van der Waals surface area (Å²) in [7, 11) is 0. The van der Waals surface area contributed by atoms with E-state index in [2.05, 4.69) is 27.4 Å². The average Bonchev–Trinajstić information content (AvgIpc) is 3.77. The number of Topliss-reactive ketones (excluding diaryl/α,β-unsaturated/α-hetero) is 1. The van der Waals surface area contributed by atoms with Crippen molar-refractivity contribution in [3.05, 3.63) is 12.7 Å². The van der Waals surface area contributed by atoms with E-state index in [1.807, 2.05) is 17.9 Å². The second-order valence-electron chi connectivity index (χ2n) is 16.1. The van der Waals surface area contributed by atoms with E-state index in [4.69, 9.17) is 10.5 Å². The molecule has 6 fully saturated rings. The Kier molecular flexibility index (Phi) is 8.19. The molecule has 0 aromatic rings. The molecule has 240 valence electrons. The zero-order valence-corrected chi connectivity index (χ0v) is 27.6. The number of esters is 1. The first-order valence-electron chi connectivity index (χ1n) is 17.0. The van der Waals surface area contributed by atoms with Crippen LogP contribution < -0.4 is 5.73 Å². The summed E-state index contributed by atoms with van der Waals surface area (Å²) in [5.74, 6) is 0.898. The van der Waals surface area contributed by atoms with Crippen LogP contribution in [0.1, 0.15) is 98.3 Å². The number of hydrogen-bond donors (Lipinski definition) is 2. The van der Waals surface area contributed by atoms with Gasteiger partial charge in [-0.25, -0.2) is 0 Å². The zero-order valence-electron chi connectivity index (χ0n) is 26.8. The molecule has 3 N–H and O–H groups in total. The minimum Gasteiger partial charge on any atom is -0.461 e. The number of nitrogens with zero attached hydrogens (tertiary/aromatic N) is 1. The number of ketones is 1. The normalized spacial score (nSPS) is 43.3. The third-order valence-electron chi connectivity index (χ3n) is 13.9. The highest BCUT2D eigenvalue weighted by Crippen LogP contribution is 2.68. The maximum absolute atomic E-state index is 13.6. The van der Waals surface area contributed by atoms with Gasteiger partial charge in [0.2, 0.25) is 5.91 Å². The van der Waals surface area contributed by atoms with Crippen molar-refractivity contribution in [1.82, 2.24) is 4.90 Å². The highest BCUT2D eigenvalue weighted by atomic mass is 32.2. The van der Waals surface area contributed by atoms with Gasteiger partial charge in [0.05, 0.1) is 17.9 Å². The van der Waals surface area contributed by atoms with Gasteiger partial charge in [-0.1, -0.05) is 33.8 Å². The van der Waals surface area contributed by atoms with E-state index in [-0.39, 0.29) is 52.3 Å². The van der Waals surface area contributed by atoms with E-state index < -0.39 is 23.0 Å². The Bertz CT molecular complexity index is 1140. The Balaban J connectivity index is 1.09. The lowest BCUT2D eigenvalue weighted by Crippen LogP contribution is -2.63. The Morgan fingerprint density at radius 2 is 1.79 bits per heavy atom. The fraction of sp³-hybridized carbons (Fsp3) is 0.857. The summed E-state index contributed by atoms with van der Waals surface area (Å²) in [6.07, 6.45) is 10.9. The van der Waals surface area contributed by atoms with Crippen LogP contribution in [-0.4, -0.2) is 70.0 Å². The Morgan fingerprint density at radius 1 is 1.12 bits per heavy atom. The van der Waals surface area contributed by atoms with Crippen molar-refractivity contribution in [2.75, 3.05) is 18.8 Å². The molecule has 8 heteroatoms. The van der Waals surface area contributed by atoms with E-state index >= 15 is 0 Å². The minimum atomic E-state index is -0.649. The predicted molar refractivity (Wildman–Crippen MR) is 169 cm³/mol. The van der Waals surface area contributed by atoms with Gasteiger partial charge >= 0.3 is 5.97 Å². The van der Waals surface area contributed by atoms with Crippen LogP contribution in [0.3, 0.4) is 0 Å². The number of ether oxygens (including phenoxy) is 1. The lowest BCUT2D eigenvalue weighted by atomic mass is 9.44. The van der Waals surface area contributed by atoms with Crippen molar-refractivity contribution in [2.45, 2.75) is 122 Å². The van der Waals surface area contributed by atoms with Crippen LogP contribution in [-0.2, 0) is 19.1 Å². The number of rotatable bonds is 7. The van der Waals surface area contributed by atoms with Crippen LogP contribution in [0.5, 0.6) is 0 Å². The van der Waals surface area contributed by atoms with Gasteiger partial charge in [0, 0.05) is 41.5 Å². The molecule has 5 saturated carbocycles. The number of thioether (sulfide) groups is 1. The first-order valence-corrected chi connectivity index (χ1v) is 18.0. The molecular formula is C35H54N2O5S. The van der Waals surface area contributed by atoms with Gasteiger partial charge in [-0.3, -0.25) is 14.4 Å². The number of aliphatic hydroxyl groups is 1. The second-order valence-corrected chi connectivity index (χ2v) is 17.4. The minimum absolute atomic E-state index is 0.0307. The smallest absolute Gasteiger partial charge is 0.316 e. The summed E-state index contributed by atoms with van der Waals surface area (Å²) in [6.45, 7) is 14.3. The van der Waals surface area contributed by atoms with Gasteiger partial charge < -0.3 is 20.5 Å². The van der Waals surface area contributed by atoms with Crippen LogP contribution in [0.25, 0.3) is 0 Å². The first-order chi connectivity index (χ1) is 20.3. The molecule has 0 aromatic carbocycles. The number of carbonyl (C=O) groups excluding carboxylic acids is 3. The summed E-state index contributed by atoms with van der Waals surface area (Å²) in [6, 6.07) is -0.319. The number of nitrogens with two attached hydrogens (primary N) is 1. The SMILES string of the molecule is C=C[C@]1(C)C[C@@H](OC(=O)CSC2CC3(CCN(C(=O)[C@H](N)C4CC4)CC3)C2)[C@]2(C)C(C)CC[C@]3(CCC(=O)C32)[C@@H](C)[C@@H]1O. The standard InChI is InChI=1S/C35H54N2O5S/c1-6-32(4)19-26(33(5)21(2)9-11-35(22(3)30(32)40)12-10-25(38)29(33)35)42-27(39)20-43-24-17-34(18-24)13-15-37(16-14-34)31(41)28(36)23-7-8-23/h6,21-24,26,28-30,40H,1,7-20,36H2,2-5H3/t21?,22-,26+,28+,29?,30-,32+,33-,35-/m0/s1. The third-order valence-corrected chi connectivity index (χ3v) is 15.1. The van der Waals surface area contributed by atoms with E-state index in [1.54, 1.807) is 11.8 Å². The summed E-state index contributed by atoms with van der Waals surface area (Å²) < 4.78 is 6.44. The third kappa shape index (κ3) is 5.14. The fourth-order valence-electron chi connectivity index (χ4n) is 10.4. The fourth-order valence-corrected chi connectivity index (χ4v) is 11.8. The van der Waals surface area contributed by atoms with E-state index in [0.29, 0.717) is 29.8 Å². The van der Waals surface area contributed by atoms with Crippen molar-refractivity contribution < 1.29 is 24.2 Å². The number of piperidine rings is 1. The van der Waals surface area contributed by atoms with Crippen LogP contribution in [0.2, 0.25) is 0 Å². The molecule has 9 atom stereocenters. The topological polar surface area (TPSA) is 110 Å². The van der Waals surface area contributed by atoms with Gasteiger partial charge in [0.1, 0.15) is 11.9 Å². The summed E-state index contributed by atoms with van der Waals surface area (Å²) in [5.41, 5.74) is 5.12. The predicted octanol–water partition coefficient (Wildman–Crippen LogP) is 5.13. The number of likely N-dealkylation sites (tertiary alicyclic amines) is 1. The Morgan fingerprint density at radius 3 is 2.42 bits per heavy atom. The van der Waals surface area contributed by atoms with Crippen molar-refractivity contribution >= 4 is 29.4 Å². The molecule has 2 unspecified atom stereocenters. The Labute approximate surface area is 262 Å². The molecular weight excluding hydrogens is 560 g/mol. The zero-order chi connectivity index (χ0) is 30.9. The average molecular weight is 615 g/mol. The quantitative estimate of drug-likeness (QED) is 0.302. The number of hydrogen-bond acceptors (Lipinski definition) is 7. The molecule has 2 bridgehead atoms. The van der Waals surface area contributed by atoms with Crippen LogP contribution >= 0.6 is 11.8 Å². The lowest BCUT2D eigenvalue weighted by molar-refractivity contribution is -0.205. The molecule has 1 aliphatic heterocycles. The van der Waals surface area contributed by atoms with Gasteiger partial charge in [0.15, 0.2) is 0 Å². The molecule has 1 saturated heterocycles. The van der Waals surface area contributed by atoms with Crippen LogP contribution in [0.4, 0.5) is 0 Å². The molecule has 1 amide bonds. The van der Waals surface area contributed by atoms with Gasteiger partial charge in [-0.15, -0.1) is 18.3 Å². The number of amides is 1. The summed E-state index contributed by atoms with van der Waals surface area (Å²) >= 11 is 1.70. The van der Waals surface area contributed by atoms with Crippen LogP contribution in [0.15, 0.2) is 12.7 Å². The molecule has 7 nitrogen and oxygen atoms in total. The maximum Gasteiger partial charge on any atom is 0.316 e. The van der Waals surface area contributed by atoms with Gasteiger partial charge in [-0.05, 0) is 92.8 Å². The lowest BCUT2D eigenvalue weighted by Gasteiger charge is -2.61. The van der Waals surface area contributed by atoms with E-state index in [1.165, 1.54) is 0 Å². The molecule has 1 spiro atoms. The second kappa shape index (κ2) is 11.2. The first kappa shape index (κ1) is 31.6. The molecule has 0 radical (unpaired) electrons. The number of aliphatic hydroxyl groups excluding tert-OH is 1. The largest absolute Gasteiger partial charge is 0.461 e. The number of carbonyl (C=O) groups is 3. The van der Waals surface area contributed by atoms with Crippen molar-refractivity contribution in [3.63, 3.8) is 0 Å². The van der Waals surface area contributed by atoms with E-state index in [0.717, 1.165) is 70.9 Å². The summed E-state index contributed by atoms with van der Waals surface area (Å²) in [5, 5.41) is 12.2. The molecule has 6 rings (SSSR count). The van der Waals surface area contributed by atoms with Gasteiger partial charge in [0.25, 0.3) is 0 Å². The molecule has 1 heterocycles. The molecule has 6 aliphatic rings.